The van der Waals surface area contributed by atoms with Gasteiger partial charge in [0.05, 0.1) is 16.6 Å². The van der Waals surface area contributed by atoms with Crippen LogP contribution in [-0.4, -0.2) is 75.9 Å². The van der Waals surface area contributed by atoms with E-state index in [2.05, 4.69) is 28.6 Å². The second-order valence-corrected chi connectivity index (χ2v) is 12.9. The number of phenolic OH excluding ortho intramolecular Hbond substituents is 1. The van der Waals surface area contributed by atoms with Gasteiger partial charge in [-0.3, -0.25) is 4.90 Å². The lowest BCUT2D eigenvalue weighted by Gasteiger charge is -2.37. The number of aromatic nitrogens is 3. The zero-order chi connectivity index (χ0) is 32.2. The van der Waals surface area contributed by atoms with Crippen LogP contribution in [0.15, 0.2) is 30.8 Å². The molecule has 10 heteroatoms. The Morgan fingerprint density at radius 3 is 2.63 bits per heavy atom. The number of pyridine rings is 1. The third-order valence-corrected chi connectivity index (χ3v) is 10.3. The molecule has 4 aliphatic rings. The number of fused-ring (bicyclic) bond motifs is 4. The van der Waals surface area contributed by atoms with Crippen LogP contribution in [0.3, 0.4) is 0 Å². The molecule has 2 aromatic carbocycles. The Bertz CT molecular complexity index is 1820. The maximum Gasteiger partial charge on any atom is 0.319 e. The van der Waals surface area contributed by atoms with Crippen molar-refractivity contribution >= 4 is 33.6 Å². The summed E-state index contributed by atoms with van der Waals surface area (Å²) in [5, 5.41) is 15.8. The predicted molar refractivity (Wildman–Crippen MR) is 179 cm³/mol. The Morgan fingerprint density at radius 1 is 1.09 bits per heavy atom. The number of hydrogen-bond acceptors (Lipinski definition) is 8. The molecule has 242 valence electrons. The molecule has 0 aliphatic carbocycles. The van der Waals surface area contributed by atoms with Gasteiger partial charge in [0.25, 0.3) is 0 Å². The maximum atomic E-state index is 17.0. The second-order valence-electron chi connectivity index (χ2n) is 12.9. The molecule has 3 saturated heterocycles. The number of anilines is 1. The lowest BCUT2D eigenvalue weighted by atomic mass is 9.93. The van der Waals surface area contributed by atoms with Gasteiger partial charge in [0.2, 0.25) is 0 Å². The van der Waals surface area contributed by atoms with Crippen molar-refractivity contribution in [1.29, 1.82) is 0 Å². The van der Waals surface area contributed by atoms with Crippen molar-refractivity contribution in [2.75, 3.05) is 44.2 Å². The van der Waals surface area contributed by atoms with Gasteiger partial charge in [-0.25, -0.2) is 13.8 Å². The first-order chi connectivity index (χ1) is 22.4. The van der Waals surface area contributed by atoms with E-state index in [-0.39, 0.29) is 51.6 Å². The normalized spacial score (nSPS) is 21.8. The zero-order valence-electron chi connectivity index (χ0n) is 26.9. The Hall–Kier alpha value is -3.89. The Morgan fingerprint density at radius 2 is 1.87 bits per heavy atom. The number of phenols is 1. The minimum absolute atomic E-state index is 0.0129. The SMILES string of the molecule is C=Cc1c(F)ccc2cc(O)cc(-c3nc4c5c(nc(OCC67CCCN6CCC7)nc5c3F)N3CCNCC3C[C@H]4C)c12.CC. The second kappa shape index (κ2) is 12.0. The lowest BCUT2D eigenvalue weighted by molar-refractivity contribution is 0.108. The van der Waals surface area contributed by atoms with Crippen LogP contribution in [0.25, 0.3) is 39.0 Å². The molecular weight excluding hydrogens is 586 g/mol. The largest absolute Gasteiger partial charge is 0.508 e. The van der Waals surface area contributed by atoms with E-state index in [1.165, 1.54) is 24.3 Å². The number of benzene rings is 2. The summed E-state index contributed by atoms with van der Waals surface area (Å²) in [6.07, 6.45) is 6.64. The van der Waals surface area contributed by atoms with Gasteiger partial charge in [0.15, 0.2) is 5.82 Å². The maximum absolute atomic E-state index is 17.0. The molecule has 2 N–H and O–H groups in total. The molecule has 8 nitrogen and oxygen atoms in total. The van der Waals surface area contributed by atoms with Gasteiger partial charge in [-0.2, -0.15) is 9.97 Å². The van der Waals surface area contributed by atoms with Crippen LogP contribution in [0.4, 0.5) is 14.6 Å². The minimum Gasteiger partial charge on any atom is -0.508 e. The molecule has 8 rings (SSSR count). The average Bonchev–Trinajstić information content (AvgIpc) is 3.62. The lowest BCUT2D eigenvalue weighted by Crippen LogP contribution is -2.51. The third-order valence-electron chi connectivity index (χ3n) is 10.3. The van der Waals surface area contributed by atoms with Crippen LogP contribution in [-0.2, 0) is 0 Å². The molecule has 2 atom stereocenters. The fraction of sp³-hybridized carbons (Fsp3) is 0.472. The van der Waals surface area contributed by atoms with Crippen molar-refractivity contribution in [3.05, 3.63) is 53.7 Å². The van der Waals surface area contributed by atoms with Crippen molar-refractivity contribution in [3.8, 4) is 23.0 Å². The number of rotatable bonds is 5. The van der Waals surface area contributed by atoms with Crippen molar-refractivity contribution < 1.29 is 18.6 Å². The topological polar surface area (TPSA) is 86.6 Å². The van der Waals surface area contributed by atoms with Crippen molar-refractivity contribution in [2.45, 2.75) is 70.4 Å². The van der Waals surface area contributed by atoms with E-state index in [1.807, 2.05) is 13.8 Å². The molecule has 0 bridgehead atoms. The fourth-order valence-corrected chi connectivity index (χ4v) is 8.24. The summed E-state index contributed by atoms with van der Waals surface area (Å²) in [5.41, 5.74) is 1.34. The van der Waals surface area contributed by atoms with Gasteiger partial charge in [-0.15, -0.1) is 0 Å². The van der Waals surface area contributed by atoms with Gasteiger partial charge < -0.3 is 20.1 Å². The average molecular weight is 629 g/mol. The summed E-state index contributed by atoms with van der Waals surface area (Å²) in [7, 11) is 0. The first-order valence-electron chi connectivity index (χ1n) is 16.7. The standard InChI is InChI=1S/C34H36F2N6O2.C2H6/c1-3-23-25(35)7-6-20-15-22(43)16-24(26(20)23)30-28(36)31-27-29(38-30)19(2)14-21-17-37-10-13-42(21)32(27)40-33(39-31)44-18-34-8-4-11-41(34)12-5-9-34;1-2/h3,6-7,15-16,19,21,37,43H,1,4-5,8-14,17-18H2,2H3;1-2H3/t19-,21?;/m1./s1. The van der Waals surface area contributed by atoms with Crippen LogP contribution < -0.4 is 15.0 Å². The number of aromatic hydroxyl groups is 1. The molecular formula is C36H42F2N6O2. The van der Waals surface area contributed by atoms with Crippen molar-refractivity contribution in [2.24, 2.45) is 0 Å². The van der Waals surface area contributed by atoms with E-state index in [0.29, 0.717) is 34.3 Å². The Kier molecular flexibility index (Phi) is 8.05. The molecule has 4 aliphatic heterocycles. The van der Waals surface area contributed by atoms with Crippen LogP contribution in [0.5, 0.6) is 11.8 Å². The summed E-state index contributed by atoms with van der Waals surface area (Å²) in [6, 6.07) is 6.18. The zero-order valence-corrected chi connectivity index (χ0v) is 26.9. The third kappa shape index (κ3) is 4.88. The van der Waals surface area contributed by atoms with Gasteiger partial charge in [0, 0.05) is 48.1 Å². The molecule has 4 aromatic rings. The van der Waals surface area contributed by atoms with E-state index >= 15 is 8.78 Å². The summed E-state index contributed by atoms with van der Waals surface area (Å²) in [5.74, 6) is -0.583. The van der Waals surface area contributed by atoms with Gasteiger partial charge in [-0.1, -0.05) is 39.5 Å². The molecule has 0 amide bonds. The van der Waals surface area contributed by atoms with E-state index in [4.69, 9.17) is 19.7 Å². The molecule has 6 heterocycles. The smallest absolute Gasteiger partial charge is 0.319 e. The molecule has 0 saturated carbocycles. The molecule has 46 heavy (non-hydrogen) atoms. The minimum atomic E-state index is -0.647. The number of hydrogen-bond donors (Lipinski definition) is 2. The molecule has 1 unspecified atom stereocenters. The number of ether oxygens (including phenoxy) is 1. The first kappa shape index (κ1) is 30.7. The predicted octanol–water partition coefficient (Wildman–Crippen LogP) is 6.79. The highest BCUT2D eigenvalue weighted by Gasteiger charge is 2.45. The van der Waals surface area contributed by atoms with Crippen LogP contribution in [0.1, 0.15) is 70.1 Å². The van der Waals surface area contributed by atoms with E-state index in [9.17, 15) is 5.11 Å². The van der Waals surface area contributed by atoms with Crippen LogP contribution >= 0.6 is 0 Å². The Labute approximate surface area is 268 Å². The molecule has 3 fully saturated rings. The van der Waals surface area contributed by atoms with E-state index in [1.54, 1.807) is 6.07 Å². The quantitative estimate of drug-likeness (QED) is 0.250. The highest BCUT2D eigenvalue weighted by Crippen LogP contribution is 2.45. The summed E-state index contributed by atoms with van der Waals surface area (Å²) < 4.78 is 38.5. The van der Waals surface area contributed by atoms with Gasteiger partial charge in [-0.05, 0) is 68.8 Å². The fourth-order valence-electron chi connectivity index (χ4n) is 8.24. The first-order valence-corrected chi connectivity index (χ1v) is 16.7. The Balaban J connectivity index is 0.00000166. The molecule has 2 aromatic heterocycles. The molecule has 0 radical (unpaired) electrons. The van der Waals surface area contributed by atoms with Gasteiger partial charge in [0.1, 0.15) is 35.2 Å². The van der Waals surface area contributed by atoms with Crippen molar-refractivity contribution in [3.63, 3.8) is 0 Å². The number of halogens is 2. The number of nitrogens with zero attached hydrogens (tertiary/aromatic N) is 5. The number of nitrogens with one attached hydrogen (secondary N) is 1. The summed E-state index contributed by atoms with van der Waals surface area (Å²) >= 11 is 0. The molecule has 0 spiro atoms. The summed E-state index contributed by atoms with van der Waals surface area (Å²) in [4.78, 5) is 19.4. The van der Waals surface area contributed by atoms with Crippen LogP contribution in [0, 0.1) is 11.6 Å². The van der Waals surface area contributed by atoms with Crippen molar-refractivity contribution in [1.82, 2.24) is 25.2 Å². The highest BCUT2D eigenvalue weighted by atomic mass is 19.1. The van der Waals surface area contributed by atoms with E-state index in [0.717, 1.165) is 64.8 Å². The highest BCUT2D eigenvalue weighted by molar-refractivity contribution is 6.04. The monoisotopic (exact) mass is 628 g/mol. The number of piperazine rings is 1. The summed E-state index contributed by atoms with van der Waals surface area (Å²) in [6.45, 7) is 14.8. The van der Waals surface area contributed by atoms with Crippen LogP contribution in [0.2, 0.25) is 0 Å². The van der Waals surface area contributed by atoms with E-state index < -0.39 is 11.6 Å². The van der Waals surface area contributed by atoms with Gasteiger partial charge >= 0.3 is 6.01 Å².